The van der Waals surface area contributed by atoms with Gasteiger partial charge in [-0.1, -0.05) is 135 Å². The maximum absolute atomic E-state index is 12.2. The Balaban J connectivity index is 0.000000192. The number of hydrogen-bond acceptors (Lipinski definition) is 8. The molecule has 9 nitrogen and oxygen atoms in total. The van der Waals surface area contributed by atoms with Gasteiger partial charge in [0.15, 0.2) is 9.84 Å². The first-order chi connectivity index (χ1) is 27.3. The number of sulfone groups is 1. The van der Waals surface area contributed by atoms with E-state index in [0.29, 0.717) is 40.3 Å². The maximum atomic E-state index is 12.2. The Labute approximate surface area is 340 Å². The Hall–Kier alpha value is -6.14. The summed E-state index contributed by atoms with van der Waals surface area (Å²) in [6.07, 6.45) is 2.60. The lowest BCUT2D eigenvalue weighted by molar-refractivity contribution is 0.596. The SMILES string of the molecule is C.Cc1ccc(-c2nnc(Cc3ccccc3)c3ccccc23)cc1S(N)(=O)=O.Cc1ccccc1Cc1nnc(-c2ccc(C)c(S(C)(=O)=O)c2)c2ccccc12. The van der Waals surface area contributed by atoms with Crippen molar-refractivity contribution in [1.82, 2.24) is 20.4 Å². The van der Waals surface area contributed by atoms with Crippen LogP contribution in [-0.4, -0.2) is 43.5 Å². The summed E-state index contributed by atoms with van der Waals surface area (Å²) >= 11 is 0. The van der Waals surface area contributed by atoms with E-state index in [1.54, 1.807) is 32.0 Å². The average molecular weight is 808 g/mol. The van der Waals surface area contributed by atoms with Crippen LogP contribution in [-0.2, 0) is 32.7 Å². The molecule has 0 saturated carbocycles. The highest BCUT2D eigenvalue weighted by Crippen LogP contribution is 2.32. The summed E-state index contributed by atoms with van der Waals surface area (Å²) in [5.41, 5.74) is 9.46. The standard InChI is InChI=1S/C24H22N2O2S.C22H19N3O2S.CH4/c1-16-8-4-5-9-18(16)14-22-20-10-6-7-11-21(20)24(26-25-22)19-13-12-17(2)23(15-19)29(3,27)28;1-15-11-12-17(14-21(15)28(23,26)27)22-19-10-6-5-9-18(19)20(24-25-22)13-16-7-3-2-4-8-16;/h4-13,15H,14H2,1-3H3;2-12,14H,13H2,1H3,(H2,23,26,27);1H4. The minimum absolute atomic E-state index is 0. The molecule has 0 radical (unpaired) electrons. The number of aryl methyl sites for hydroxylation is 3. The molecule has 0 aliphatic carbocycles. The van der Waals surface area contributed by atoms with Gasteiger partial charge in [0.1, 0.15) is 11.4 Å². The molecule has 0 saturated heterocycles. The van der Waals surface area contributed by atoms with E-state index in [-0.39, 0.29) is 12.3 Å². The first-order valence-electron chi connectivity index (χ1n) is 18.3. The fourth-order valence-corrected chi connectivity index (χ4v) is 8.79. The van der Waals surface area contributed by atoms with Crippen LogP contribution in [0, 0.1) is 20.8 Å². The zero-order valence-electron chi connectivity index (χ0n) is 32.0. The molecule has 2 aromatic heterocycles. The Morgan fingerprint density at radius 3 is 1.45 bits per heavy atom. The van der Waals surface area contributed by atoms with Crippen molar-refractivity contribution in [2.45, 2.75) is 50.8 Å². The first kappa shape index (κ1) is 41.5. The Kier molecular flexibility index (Phi) is 12.3. The van der Waals surface area contributed by atoms with Crippen molar-refractivity contribution < 1.29 is 16.8 Å². The second-order valence-corrected chi connectivity index (χ2v) is 17.6. The van der Waals surface area contributed by atoms with Crippen LogP contribution in [0.4, 0.5) is 0 Å². The van der Waals surface area contributed by atoms with Crippen molar-refractivity contribution in [3.63, 3.8) is 0 Å². The van der Waals surface area contributed by atoms with E-state index >= 15 is 0 Å². The normalized spacial score (nSPS) is 11.5. The number of primary sulfonamides is 1. The summed E-state index contributed by atoms with van der Waals surface area (Å²) < 4.78 is 48.1. The van der Waals surface area contributed by atoms with Crippen LogP contribution in [0.5, 0.6) is 0 Å². The molecule has 294 valence electrons. The lowest BCUT2D eigenvalue weighted by Gasteiger charge is -2.12. The second-order valence-electron chi connectivity index (χ2n) is 14.1. The lowest BCUT2D eigenvalue weighted by Crippen LogP contribution is -2.13. The van der Waals surface area contributed by atoms with Gasteiger partial charge in [0, 0.05) is 51.8 Å². The van der Waals surface area contributed by atoms with E-state index < -0.39 is 19.9 Å². The van der Waals surface area contributed by atoms with Crippen LogP contribution in [0.15, 0.2) is 149 Å². The van der Waals surface area contributed by atoms with Crippen LogP contribution < -0.4 is 5.14 Å². The van der Waals surface area contributed by atoms with Crippen LogP contribution in [0.3, 0.4) is 0 Å². The van der Waals surface area contributed by atoms with Gasteiger partial charge in [0.05, 0.1) is 21.2 Å². The summed E-state index contributed by atoms with van der Waals surface area (Å²) in [5.74, 6) is 0. The second kappa shape index (κ2) is 17.2. The molecule has 58 heavy (non-hydrogen) atoms. The third-order valence-electron chi connectivity index (χ3n) is 9.99. The molecule has 0 fully saturated rings. The summed E-state index contributed by atoms with van der Waals surface area (Å²) in [4.78, 5) is 0.425. The highest BCUT2D eigenvalue weighted by Gasteiger charge is 2.18. The fourth-order valence-electron chi connectivity index (χ4n) is 6.99. The molecule has 0 amide bonds. The third kappa shape index (κ3) is 9.02. The van der Waals surface area contributed by atoms with Crippen molar-refractivity contribution in [3.8, 4) is 22.5 Å². The monoisotopic (exact) mass is 807 g/mol. The van der Waals surface area contributed by atoms with Crippen LogP contribution in [0.1, 0.15) is 46.6 Å². The largest absolute Gasteiger partial charge is 0.238 e. The smallest absolute Gasteiger partial charge is 0.225 e. The molecule has 0 bridgehead atoms. The van der Waals surface area contributed by atoms with E-state index in [9.17, 15) is 16.8 Å². The highest BCUT2D eigenvalue weighted by molar-refractivity contribution is 7.90. The number of nitrogens with zero attached hydrogens (tertiary/aromatic N) is 4. The van der Waals surface area contributed by atoms with Gasteiger partial charge in [-0.25, -0.2) is 22.0 Å². The number of rotatable bonds is 8. The topological polar surface area (TPSA) is 146 Å². The summed E-state index contributed by atoms with van der Waals surface area (Å²) in [7, 11) is -7.13. The van der Waals surface area contributed by atoms with Crippen molar-refractivity contribution in [3.05, 3.63) is 179 Å². The molecular formula is C47H45N5O4S2. The van der Waals surface area contributed by atoms with Gasteiger partial charge in [-0.2, -0.15) is 10.2 Å². The molecule has 8 rings (SSSR count). The van der Waals surface area contributed by atoms with Gasteiger partial charge in [-0.15, -0.1) is 10.2 Å². The molecular weight excluding hydrogens is 763 g/mol. The summed E-state index contributed by atoms with van der Waals surface area (Å²) in [6.45, 7) is 5.61. The zero-order chi connectivity index (χ0) is 40.3. The Morgan fingerprint density at radius 2 is 0.931 bits per heavy atom. The predicted octanol–water partition coefficient (Wildman–Crippen LogP) is 9.39. The van der Waals surface area contributed by atoms with E-state index in [0.717, 1.165) is 49.6 Å². The van der Waals surface area contributed by atoms with Crippen molar-refractivity contribution in [2.24, 2.45) is 5.14 Å². The van der Waals surface area contributed by atoms with Crippen molar-refractivity contribution in [1.29, 1.82) is 0 Å². The molecule has 0 unspecified atom stereocenters. The average Bonchev–Trinajstić information content (AvgIpc) is 3.19. The quantitative estimate of drug-likeness (QED) is 0.160. The Bertz CT molecular complexity index is 3010. The molecule has 0 spiro atoms. The predicted molar refractivity (Wildman–Crippen MR) is 234 cm³/mol. The third-order valence-corrected chi connectivity index (χ3v) is 12.3. The molecule has 0 aliphatic heterocycles. The number of fused-ring (bicyclic) bond motifs is 2. The van der Waals surface area contributed by atoms with Crippen molar-refractivity contribution >= 4 is 41.4 Å². The molecule has 0 atom stereocenters. The lowest BCUT2D eigenvalue weighted by atomic mass is 9.98. The molecule has 8 aromatic rings. The number of benzene rings is 6. The van der Waals surface area contributed by atoms with Crippen LogP contribution >= 0.6 is 0 Å². The van der Waals surface area contributed by atoms with Crippen LogP contribution in [0.2, 0.25) is 0 Å². The minimum Gasteiger partial charge on any atom is -0.225 e. The van der Waals surface area contributed by atoms with Gasteiger partial charge >= 0.3 is 0 Å². The van der Waals surface area contributed by atoms with E-state index in [4.69, 9.17) is 5.14 Å². The molecule has 2 N–H and O–H groups in total. The van der Waals surface area contributed by atoms with E-state index in [1.807, 2.05) is 97.1 Å². The number of hydrogen-bond donors (Lipinski definition) is 1. The fraction of sp³-hybridized carbons (Fsp3) is 0.149. The molecule has 11 heteroatoms. The number of nitrogens with two attached hydrogens (primary N) is 1. The van der Waals surface area contributed by atoms with Gasteiger partial charge in [0.2, 0.25) is 10.0 Å². The maximum Gasteiger partial charge on any atom is 0.238 e. The summed E-state index contributed by atoms with van der Waals surface area (Å²) in [6, 6.07) is 44.9. The molecule has 2 heterocycles. The van der Waals surface area contributed by atoms with E-state index in [1.165, 1.54) is 17.4 Å². The van der Waals surface area contributed by atoms with Gasteiger partial charge in [0.25, 0.3) is 0 Å². The van der Waals surface area contributed by atoms with E-state index in [2.05, 4.69) is 51.6 Å². The Morgan fingerprint density at radius 1 is 0.483 bits per heavy atom. The van der Waals surface area contributed by atoms with Gasteiger partial charge in [-0.3, -0.25) is 0 Å². The molecule has 0 aliphatic rings. The van der Waals surface area contributed by atoms with Gasteiger partial charge in [-0.05, 0) is 60.7 Å². The molecule has 6 aromatic carbocycles. The van der Waals surface area contributed by atoms with Gasteiger partial charge < -0.3 is 0 Å². The van der Waals surface area contributed by atoms with Crippen LogP contribution in [0.25, 0.3) is 44.1 Å². The number of aromatic nitrogens is 4. The minimum atomic E-state index is -3.81. The zero-order valence-corrected chi connectivity index (χ0v) is 33.6. The highest BCUT2D eigenvalue weighted by atomic mass is 32.2. The first-order valence-corrected chi connectivity index (χ1v) is 21.7. The summed E-state index contributed by atoms with van der Waals surface area (Å²) in [5, 5.41) is 27.2. The van der Waals surface area contributed by atoms with Crippen molar-refractivity contribution in [2.75, 3.05) is 6.26 Å². The number of sulfonamides is 1.